The number of aryl methyl sites for hydroxylation is 1. The van der Waals surface area contributed by atoms with Crippen molar-refractivity contribution in [3.8, 4) is 0 Å². The lowest BCUT2D eigenvalue weighted by atomic mass is 9.87. The molecule has 1 aliphatic rings. The predicted molar refractivity (Wildman–Crippen MR) is 120 cm³/mol. The molecule has 3 rings (SSSR count). The lowest BCUT2D eigenvalue weighted by Gasteiger charge is -2.30. The van der Waals surface area contributed by atoms with Crippen LogP contribution in [0.15, 0.2) is 53.4 Å². The quantitative estimate of drug-likeness (QED) is 0.782. The van der Waals surface area contributed by atoms with E-state index in [1.165, 1.54) is 9.87 Å². The van der Waals surface area contributed by atoms with E-state index in [1.54, 1.807) is 12.1 Å². The van der Waals surface area contributed by atoms with E-state index in [0.717, 1.165) is 11.1 Å². The van der Waals surface area contributed by atoms with Crippen LogP contribution in [0.1, 0.15) is 50.3 Å². The van der Waals surface area contributed by atoms with Gasteiger partial charge in [0.2, 0.25) is 15.9 Å². The third kappa shape index (κ3) is 5.29. The number of hydrogen-bond donors (Lipinski definition) is 1. The third-order valence-corrected chi connectivity index (χ3v) is 7.68. The fourth-order valence-corrected chi connectivity index (χ4v) is 5.14. The molecule has 0 spiro atoms. The molecule has 2 aromatic carbocycles. The average Bonchev–Trinajstić information content (AvgIpc) is 2.72. The van der Waals surface area contributed by atoms with Crippen molar-refractivity contribution in [3.05, 3.63) is 65.2 Å². The normalized spacial score (nSPS) is 16.4. The van der Waals surface area contributed by atoms with Crippen molar-refractivity contribution in [1.82, 2.24) is 9.62 Å². The number of carbonyl (C=O) groups excluding carboxylic acids is 1. The molecule has 6 heteroatoms. The Labute approximate surface area is 180 Å². The van der Waals surface area contributed by atoms with Gasteiger partial charge in [0.1, 0.15) is 0 Å². The zero-order valence-corrected chi connectivity index (χ0v) is 19.1. The van der Waals surface area contributed by atoms with Crippen LogP contribution < -0.4 is 5.32 Å². The van der Waals surface area contributed by atoms with Gasteiger partial charge in [0.15, 0.2) is 0 Å². The first kappa shape index (κ1) is 22.5. The zero-order chi connectivity index (χ0) is 21.9. The van der Waals surface area contributed by atoms with E-state index in [1.807, 2.05) is 43.3 Å². The number of rotatable bonds is 5. The number of amides is 1. The van der Waals surface area contributed by atoms with Gasteiger partial charge in [0.05, 0.1) is 4.90 Å². The van der Waals surface area contributed by atoms with E-state index >= 15 is 0 Å². The van der Waals surface area contributed by atoms with Gasteiger partial charge in [-0.3, -0.25) is 4.79 Å². The van der Waals surface area contributed by atoms with Gasteiger partial charge in [0, 0.05) is 25.6 Å². The number of nitrogens with one attached hydrogen (secondary N) is 1. The second kappa shape index (κ2) is 8.90. The highest BCUT2D eigenvalue weighted by Gasteiger charge is 2.32. The average molecular weight is 429 g/mol. The van der Waals surface area contributed by atoms with Crippen molar-refractivity contribution in [2.45, 2.75) is 57.4 Å². The second-order valence-corrected chi connectivity index (χ2v) is 11.1. The van der Waals surface area contributed by atoms with Crippen LogP contribution in [-0.4, -0.2) is 31.7 Å². The molecule has 0 bridgehead atoms. The van der Waals surface area contributed by atoms with Gasteiger partial charge < -0.3 is 5.32 Å². The first-order valence-corrected chi connectivity index (χ1v) is 12.0. The van der Waals surface area contributed by atoms with Crippen molar-refractivity contribution in [2.75, 3.05) is 13.1 Å². The molecule has 0 aromatic heterocycles. The number of benzene rings is 2. The minimum absolute atomic E-state index is 0.00199. The molecule has 0 radical (unpaired) electrons. The van der Waals surface area contributed by atoms with Gasteiger partial charge in [-0.2, -0.15) is 4.31 Å². The van der Waals surface area contributed by atoms with Gasteiger partial charge >= 0.3 is 0 Å². The van der Waals surface area contributed by atoms with Crippen LogP contribution in [0.5, 0.6) is 0 Å². The minimum atomic E-state index is -3.53. The maximum Gasteiger partial charge on any atom is 0.243 e. The van der Waals surface area contributed by atoms with E-state index in [2.05, 4.69) is 26.1 Å². The molecule has 0 atom stereocenters. The summed E-state index contributed by atoms with van der Waals surface area (Å²) in [5.41, 5.74) is 3.33. The third-order valence-electron chi connectivity index (χ3n) is 5.77. The lowest BCUT2D eigenvalue weighted by molar-refractivity contribution is -0.126. The van der Waals surface area contributed by atoms with Gasteiger partial charge in [-0.05, 0) is 48.4 Å². The first-order valence-electron chi connectivity index (χ1n) is 10.5. The fourth-order valence-electron chi connectivity index (χ4n) is 3.67. The molecule has 2 aromatic rings. The van der Waals surface area contributed by atoms with Crippen molar-refractivity contribution >= 4 is 15.9 Å². The van der Waals surface area contributed by atoms with E-state index in [-0.39, 0.29) is 17.2 Å². The maximum absolute atomic E-state index is 13.0. The summed E-state index contributed by atoms with van der Waals surface area (Å²) in [5.74, 6) is -0.146. The Morgan fingerprint density at radius 3 is 2.10 bits per heavy atom. The molecular weight excluding hydrogens is 396 g/mol. The van der Waals surface area contributed by atoms with Crippen molar-refractivity contribution in [1.29, 1.82) is 0 Å². The molecule has 5 nitrogen and oxygen atoms in total. The number of nitrogens with zero attached hydrogens (tertiary/aromatic N) is 1. The Balaban J connectivity index is 1.56. The van der Waals surface area contributed by atoms with E-state index in [0.29, 0.717) is 37.4 Å². The molecule has 0 saturated carbocycles. The van der Waals surface area contributed by atoms with Crippen molar-refractivity contribution in [2.24, 2.45) is 5.92 Å². The lowest BCUT2D eigenvalue weighted by Crippen LogP contribution is -2.42. The molecule has 0 unspecified atom stereocenters. The van der Waals surface area contributed by atoms with Crippen LogP contribution in [0.25, 0.3) is 0 Å². The summed E-state index contributed by atoms with van der Waals surface area (Å²) in [6.07, 6.45) is 1.08. The molecule has 1 heterocycles. The summed E-state index contributed by atoms with van der Waals surface area (Å²) in [5, 5.41) is 2.99. The smallest absolute Gasteiger partial charge is 0.243 e. The van der Waals surface area contributed by atoms with E-state index in [9.17, 15) is 13.2 Å². The summed E-state index contributed by atoms with van der Waals surface area (Å²) in [4.78, 5) is 12.8. The molecule has 1 aliphatic heterocycles. The first-order chi connectivity index (χ1) is 14.1. The molecule has 1 fully saturated rings. The highest BCUT2D eigenvalue weighted by Crippen LogP contribution is 2.27. The molecule has 30 heavy (non-hydrogen) atoms. The van der Waals surface area contributed by atoms with E-state index in [4.69, 9.17) is 0 Å². The Kier molecular flexibility index (Phi) is 6.68. The van der Waals surface area contributed by atoms with Crippen LogP contribution in [0, 0.1) is 12.8 Å². The predicted octanol–water partition coefficient (Wildman–Crippen LogP) is 4.01. The van der Waals surface area contributed by atoms with Crippen LogP contribution >= 0.6 is 0 Å². The Morgan fingerprint density at radius 2 is 1.57 bits per heavy atom. The van der Waals surface area contributed by atoms with Gasteiger partial charge in [-0.15, -0.1) is 0 Å². The SMILES string of the molecule is Cc1ccc(CNC(=O)C2CCN(S(=O)(=O)c3ccc(C(C)(C)C)cc3)CC2)cc1. The monoisotopic (exact) mass is 428 g/mol. The van der Waals surface area contributed by atoms with E-state index < -0.39 is 10.0 Å². The zero-order valence-electron chi connectivity index (χ0n) is 18.3. The maximum atomic E-state index is 13.0. The number of piperidine rings is 1. The number of carbonyl (C=O) groups is 1. The van der Waals surface area contributed by atoms with Crippen LogP contribution in [-0.2, 0) is 26.8 Å². The summed E-state index contributed by atoms with van der Waals surface area (Å²) in [6.45, 7) is 9.57. The summed E-state index contributed by atoms with van der Waals surface area (Å²) in [6, 6.07) is 15.2. The largest absolute Gasteiger partial charge is 0.352 e. The van der Waals surface area contributed by atoms with Gasteiger partial charge in [0.25, 0.3) is 0 Å². The summed E-state index contributed by atoms with van der Waals surface area (Å²) < 4.78 is 27.5. The Hall–Kier alpha value is -2.18. The standard InChI is InChI=1S/C24H32N2O3S/c1-18-5-7-19(8-6-18)17-25-23(27)20-13-15-26(16-14-20)30(28,29)22-11-9-21(10-12-22)24(2,3)4/h5-12,20H,13-17H2,1-4H3,(H,25,27). The Bertz CT molecular complexity index is 967. The van der Waals surface area contributed by atoms with Crippen LogP contribution in [0.2, 0.25) is 0 Å². The van der Waals surface area contributed by atoms with Crippen LogP contribution in [0.3, 0.4) is 0 Å². The number of hydrogen-bond acceptors (Lipinski definition) is 3. The summed E-state index contributed by atoms with van der Waals surface area (Å²) >= 11 is 0. The second-order valence-electron chi connectivity index (χ2n) is 9.16. The van der Waals surface area contributed by atoms with Gasteiger partial charge in [-0.1, -0.05) is 62.7 Å². The van der Waals surface area contributed by atoms with Crippen LogP contribution in [0.4, 0.5) is 0 Å². The van der Waals surface area contributed by atoms with Crippen molar-refractivity contribution < 1.29 is 13.2 Å². The highest BCUT2D eigenvalue weighted by atomic mass is 32.2. The molecule has 0 aliphatic carbocycles. The molecule has 1 saturated heterocycles. The fraction of sp³-hybridized carbons (Fsp3) is 0.458. The highest BCUT2D eigenvalue weighted by molar-refractivity contribution is 7.89. The molecular formula is C24H32N2O3S. The molecule has 1 N–H and O–H groups in total. The Morgan fingerprint density at radius 1 is 1.00 bits per heavy atom. The number of sulfonamides is 1. The molecule has 162 valence electrons. The topological polar surface area (TPSA) is 66.5 Å². The summed E-state index contributed by atoms with van der Waals surface area (Å²) in [7, 11) is -3.53. The molecule has 1 amide bonds. The minimum Gasteiger partial charge on any atom is -0.352 e. The van der Waals surface area contributed by atoms with Gasteiger partial charge in [-0.25, -0.2) is 8.42 Å². The van der Waals surface area contributed by atoms with Crippen molar-refractivity contribution in [3.63, 3.8) is 0 Å².